The summed E-state index contributed by atoms with van der Waals surface area (Å²) in [5.74, 6) is 0. The Morgan fingerprint density at radius 3 is 2.59 bits per heavy atom. The van der Waals surface area contributed by atoms with Crippen LogP contribution in [0.15, 0.2) is 47.3 Å². The van der Waals surface area contributed by atoms with Gasteiger partial charge in [0.2, 0.25) is 0 Å². The molecular formula is C14H10O2S. The van der Waals surface area contributed by atoms with Crippen molar-refractivity contribution in [2.45, 2.75) is 6.61 Å². The number of aliphatic hydroxyl groups is 1. The normalized spacial score (nSPS) is 11.1. The van der Waals surface area contributed by atoms with Gasteiger partial charge in [0, 0.05) is 20.2 Å². The molecule has 1 aromatic heterocycles. The van der Waals surface area contributed by atoms with Crippen LogP contribution in [0, 0.1) is 0 Å². The van der Waals surface area contributed by atoms with E-state index in [1.807, 2.05) is 36.4 Å². The molecule has 0 bridgehead atoms. The average molecular weight is 242 g/mol. The highest BCUT2D eigenvalue weighted by Crippen LogP contribution is 2.24. The molecule has 0 unspecified atom stereocenters. The van der Waals surface area contributed by atoms with Crippen LogP contribution in [-0.2, 0) is 6.61 Å². The van der Waals surface area contributed by atoms with Crippen molar-refractivity contribution in [2.24, 2.45) is 0 Å². The van der Waals surface area contributed by atoms with Crippen LogP contribution in [0.25, 0.3) is 20.2 Å². The van der Waals surface area contributed by atoms with E-state index in [0.717, 1.165) is 20.3 Å². The summed E-state index contributed by atoms with van der Waals surface area (Å²) in [5, 5.41) is 10.5. The van der Waals surface area contributed by atoms with Crippen molar-refractivity contribution in [3.63, 3.8) is 0 Å². The van der Waals surface area contributed by atoms with Gasteiger partial charge in [-0.2, -0.15) is 0 Å². The zero-order valence-electron chi connectivity index (χ0n) is 9.01. The van der Waals surface area contributed by atoms with Gasteiger partial charge in [0.05, 0.1) is 6.61 Å². The fourth-order valence-corrected chi connectivity index (χ4v) is 3.00. The van der Waals surface area contributed by atoms with Gasteiger partial charge < -0.3 is 5.11 Å². The molecule has 0 radical (unpaired) electrons. The first-order valence-corrected chi connectivity index (χ1v) is 6.16. The van der Waals surface area contributed by atoms with Crippen molar-refractivity contribution in [2.75, 3.05) is 0 Å². The fraction of sp³-hybridized carbons (Fsp3) is 0.0714. The number of fused-ring (bicyclic) bond motifs is 2. The molecule has 0 spiro atoms. The lowest BCUT2D eigenvalue weighted by atomic mass is 10.1. The van der Waals surface area contributed by atoms with E-state index < -0.39 is 0 Å². The fourth-order valence-electron chi connectivity index (χ4n) is 1.95. The standard InChI is InChI=1S/C14H10O2S/c15-8-9-5-6-13-11(7-9)14(16)10-3-1-2-4-12(10)17-13/h1-7,15H,8H2. The van der Waals surface area contributed by atoms with Crippen molar-refractivity contribution in [3.05, 3.63) is 58.3 Å². The molecule has 84 valence electrons. The van der Waals surface area contributed by atoms with E-state index in [1.165, 1.54) is 0 Å². The zero-order chi connectivity index (χ0) is 11.8. The van der Waals surface area contributed by atoms with Gasteiger partial charge in [0.1, 0.15) is 0 Å². The quantitative estimate of drug-likeness (QED) is 0.666. The topological polar surface area (TPSA) is 37.3 Å². The highest BCUT2D eigenvalue weighted by molar-refractivity contribution is 7.24. The zero-order valence-corrected chi connectivity index (χ0v) is 9.83. The molecule has 0 saturated heterocycles. The third kappa shape index (κ3) is 1.64. The molecule has 1 heterocycles. The summed E-state index contributed by atoms with van der Waals surface area (Å²) in [6, 6.07) is 13.2. The van der Waals surface area contributed by atoms with Gasteiger partial charge in [-0.3, -0.25) is 4.79 Å². The highest BCUT2D eigenvalue weighted by atomic mass is 32.1. The van der Waals surface area contributed by atoms with E-state index in [-0.39, 0.29) is 12.0 Å². The second-order valence-corrected chi connectivity index (χ2v) is 5.00. The largest absolute Gasteiger partial charge is 0.392 e. The predicted octanol–water partition coefficient (Wildman–Crippen LogP) is 2.91. The van der Waals surface area contributed by atoms with E-state index in [2.05, 4.69) is 0 Å². The summed E-state index contributed by atoms with van der Waals surface area (Å²) in [6.07, 6.45) is 0. The molecule has 3 rings (SSSR count). The summed E-state index contributed by atoms with van der Waals surface area (Å²) in [7, 11) is 0. The maximum Gasteiger partial charge on any atom is 0.195 e. The van der Waals surface area contributed by atoms with Crippen LogP contribution in [0.5, 0.6) is 0 Å². The molecule has 3 heteroatoms. The third-order valence-electron chi connectivity index (χ3n) is 2.82. The van der Waals surface area contributed by atoms with Gasteiger partial charge in [-0.05, 0) is 29.8 Å². The highest BCUT2D eigenvalue weighted by Gasteiger charge is 2.05. The number of benzene rings is 2. The Kier molecular flexibility index (Phi) is 2.42. The van der Waals surface area contributed by atoms with E-state index in [9.17, 15) is 4.79 Å². The van der Waals surface area contributed by atoms with Gasteiger partial charge >= 0.3 is 0 Å². The van der Waals surface area contributed by atoms with Crippen LogP contribution in [0.3, 0.4) is 0 Å². The predicted molar refractivity (Wildman–Crippen MR) is 71.5 cm³/mol. The lowest BCUT2D eigenvalue weighted by molar-refractivity contribution is 0.282. The summed E-state index contributed by atoms with van der Waals surface area (Å²) in [6.45, 7) is -0.0348. The second-order valence-electron chi connectivity index (χ2n) is 3.92. The average Bonchev–Trinajstić information content (AvgIpc) is 2.39. The summed E-state index contributed by atoms with van der Waals surface area (Å²) in [4.78, 5) is 12.3. The van der Waals surface area contributed by atoms with Crippen molar-refractivity contribution in [1.29, 1.82) is 0 Å². The number of rotatable bonds is 1. The lowest BCUT2D eigenvalue weighted by Gasteiger charge is -2.02. The molecule has 0 saturated carbocycles. The third-order valence-corrected chi connectivity index (χ3v) is 3.97. The minimum absolute atomic E-state index is 0.0348. The monoisotopic (exact) mass is 242 g/mol. The molecule has 0 fully saturated rings. The number of aliphatic hydroxyl groups excluding tert-OH is 1. The molecule has 0 amide bonds. The molecule has 0 aliphatic rings. The number of hydrogen-bond donors (Lipinski definition) is 1. The molecule has 2 nitrogen and oxygen atoms in total. The van der Waals surface area contributed by atoms with Crippen LogP contribution in [0.1, 0.15) is 5.56 Å². The van der Waals surface area contributed by atoms with Crippen LogP contribution in [0.2, 0.25) is 0 Å². The molecule has 2 aromatic carbocycles. The van der Waals surface area contributed by atoms with Gasteiger partial charge in [-0.15, -0.1) is 11.3 Å². The molecule has 0 aliphatic heterocycles. The first kappa shape index (κ1) is 10.4. The van der Waals surface area contributed by atoms with E-state index in [1.54, 1.807) is 17.4 Å². The van der Waals surface area contributed by atoms with Crippen LogP contribution in [0.4, 0.5) is 0 Å². The Hall–Kier alpha value is -1.71. The van der Waals surface area contributed by atoms with Crippen molar-refractivity contribution in [3.8, 4) is 0 Å². The maximum atomic E-state index is 12.3. The Balaban J connectivity index is 2.51. The Morgan fingerprint density at radius 1 is 1.00 bits per heavy atom. The van der Waals surface area contributed by atoms with Crippen LogP contribution >= 0.6 is 11.3 Å². The van der Waals surface area contributed by atoms with Gasteiger partial charge in [0.25, 0.3) is 0 Å². The molecule has 17 heavy (non-hydrogen) atoms. The summed E-state index contributed by atoms with van der Waals surface area (Å²) in [5.41, 5.74) is 0.821. The van der Waals surface area contributed by atoms with E-state index >= 15 is 0 Å². The van der Waals surface area contributed by atoms with E-state index in [0.29, 0.717) is 5.39 Å². The molecular weight excluding hydrogens is 232 g/mol. The second kappa shape index (κ2) is 3.95. The Morgan fingerprint density at radius 2 is 1.76 bits per heavy atom. The Labute approximate surface area is 102 Å². The first-order chi connectivity index (χ1) is 8.29. The van der Waals surface area contributed by atoms with Crippen LogP contribution in [-0.4, -0.2) is 5.11 Å². The van der Waals surface area contributed by atoms with Crippen molar-refractivity contribution in [1.82, 2.24) is 0 Å². The maximum absolute atomic E-state index is 12.3. The summed E-state index contributed by atoms with van der Waals surface area (Å²) < 4.78 is 1.97. The smallest absolute Gasteiger partial charge is 0.195 e. The van der Waals surface area contributed by atoms with Gasteiger partial charge in [-0.25, -0.2) is 0 Å². The Bertz CT molecular complexity index is 759. The molecule has 0 atom stereocenters. The van der Waals surface area contributed by atoms with Gasteiger partial charge in [-0.1, -0.05) is 18.2 Å². The van der Waals surface area contributed by atoms with E-state index in [4.69, 9.17) is 5.11 Å². The van der Waals surface area contributed by atoms with Crippen LogP contribution < -0.4 is 5.43 Å². The molecule has 3 aromatic rings. The molecule has 0 aliphatic carbocycles. The van der Waals surface area contributed by atoms with Gasteiger partial charge in [0.15, 0.2) is 5.43 Å². The number of hydrogen-bond acceptors (Lipinski definition) is 3. The van der Waals surface area contributed by atoms with Crippen molar-refractivity contribution >= 4 is 31.5 Å². The SMILES string of the molecule is O=c1c2ccccc2sc2ccc(CO)cc12. The minimum Gasteiger partial charge on any atom is -0.392 e. The lowest BCUT2D eigenvalue weighted by Crippen LogP contribution is -2.01. The minimum atomic E-state index is -0.0348. The first-order valence-electron chi connectivity index (χ1n) is 5.35. The molecule has 1 N–H and O–H groups in total. The van der Waals surface area contributed by atoms with Crippen molar-refractivity contribution < 1.29 is 5.11 Å². The summed E-state index contributed by atoms with van der Waals surface area (Å²) >= 11 is 1.60.